The molecule has 0 atom stereocenters. The fraction of sp³-hybridized carbons (Fsp3) is 0.591. The molecule has 0 spiro atoms. The van der Waals surface area contributed by atoms with E-state index < -0.39 is 30.8 Å². The zero-order valence-electron chi connectivity index (χ0n) is 20.3. The number of nitrogens with one attached hydrogen (secondary N) is 2. The monoisotopic (exact) mass is 469 g/mol. The van der Waals surface area contributed by atoms with Crippen LogP contribution in [0.2, 0.25) is 0 Å². The summed E-state index contributed by atoms with van der Waals surface area (Å²) >= 11 is 0. The third-order valence-corrected chi connectivity index (χ3v) is 4.19. The molecular formula is C22H36N3O6P. The highest BCUT2D eigenvalue weighted by Gasteiger charge is 2.21. The van der Waals surface area contributed by atoms with Crippen molar-refractivity contribution >= 4 is 25.5 Å². The molecule has 0 bridgehead atoms. The van der Waals surface area contributed by atoms with Gasteiger partial charge in [0.1, 0.15) is 11.2 Å². The van der Waals surface area contributed by atoms with E-state index >= 15 is 0 Å². The molecule has 0 aliphatic carbocycles. The summed E-state index contributed by atoms with van der Waals surface area (Å²) in [7, 11) is -2.56. The van der Waals surface area contributed by atoms with Gasteiger partial charge in [-0.25, -0.2) is 9.59 Å². The second-order valence-electron chi connectivity index (χ2n) is 9.58. The Balaban J connectivity index is 2.83. The van der Waals surface area contributed by atoms with Crippen molar-refractivity contribution in [1.82, 2.24) is 10.6 Å². The number of aliphatic imine (C=N–C) groups is 1. The Morgan fingerprint density at radius 2 is 1.44 bits per heavy atom. The average molecular weight is 470 g/mol. The summed E-state index contributed by atoms with van der Waals surface area (Å²) in [6.45, 7) is 14.1. The fourth-order valence-corrected chi connectivity index (χ4v) is 2.77. The van der Waals surface area contributed by atoms with Crippen molar-refractivity contribution in [3.8, 4) is 0 Å². The predicted octanol–water partition coefficient (Wildman–Crippen LogP) is 4.69. The lowest BCUT2D eigenvalue weighted by atomic mass is 10.1. The number of carbonyl (C=O) groups excluding carboxylic acids is 2. The first-order chi connectivity index (χ1) is 14.5. The smallest absolute Gasteiger partial charge is 0.414 e. The van der Waals surface area contributed by atoms with Crippen molar-refractivity contribution in [2.24, 2.45) is 4.99 Å². The van der Waals surface area contributed by atoms with Crippen LogP contribution in [0.4, 0.5) is 9.59 Å². The molecule has 0 aliphatic rings. The Hall–Kier alpha value is -2.38. The van der Waals surface area contributed by atoms with E-state index in [1.165, 1.54) is 0 Å². The van der Waals surface area contributed by atoms with E-state index in [1.54, 1.807) is 54.9 Å². The number of carbonyl (C=O) groups is 2. The maximum Gasteiger partial charge on any atom is 0.414 e. The maximum atomic E-state index is 12.1. The van der Waals surface area contributed by atoms with Gasteiger partial charge in [0.05, 0.1) is 6.61 Å². The van der Waals surface area contributed by atoms with Gasteiger partial charge in [0, 0.05) is 19.9 Å². The van der Waals surface area contributed by atoms with E-state index in [2.05, 4.69) is 15.6 Å². The molecule has 1 aromatic carbocycles. The minimum atomic E-state index is -2.56. The Labute approximate surface area is 190 Å². The number of hydrogen-bond acceptors (Lipinski definition) is 7. The van der Waals surface area contributed by atoms with Crippen LogP contribution in [0, 0.1) is 0 Å². The van der Waals surface area contributed by atoms with Crippen LogP contribution >= 0.6 is 7.37 Å². The molecule has 0 saturated heterocycles. The third-order valence-electron chi connectivity index (χ3n) is 3.44. The summed E-state index contributed by atoms with van der Waals surface area (Å²) in [5.74, 6) is -0.0640. The Morgan fingerprint density at radius 1 is 0.938 bits per heavy atom. The lowest BCUT2D eigenvalue weighted by Crippen LogP contribution is -2.47. The number of alkyl carbamates (subject to hydrolysis) is 2. The van der Waals surface area contributed by atoms with Gasteiger partial charge in [-0.1, -0.05) is 24.3 Å². The molecule has 2 amide bonds. The summed E-state index contributed by atoms with van der Waals surface area (Å²) in [6, 6.07) is 7.64. The van der Waals surface area contributed by atoms with E-state index in [1.807, 2.05) is 24.3 Å². The molecule has 0 fully saturated rings. The molecule has 1 aromatic rings. The van der Waals surface area contributed by atoms with Gasteiger partial charge in [-0.05, 0) is 59.1 Å². The first kappa shape index (κ1) is 27.7. The topological polar surface area (TPSA) is 115 Å². The molecule has 1 rings (SSSR count). The Morgan fingerprint density at radius 3 is 1.91 bits per heavy atom. The molecule has 0 aromatic heterocycles. The summed E-state index contributed by atoms with van der Waals surface area (Å²) in [5.41, 5.74) is 0.468. The number of rotatable bonds is 6. The van der Waals surface area contributed by atoms with Crippen LogP contribution in [0.3, 0.4) is 0 Å². The van der Waals surface area contributed by atoms with E-state index in [-0.39, 0.29) is 19.1 Å². The molecule has 0 heterocycles. The van der Waals surface area contributed by atoms with Gasteiger partial charge in [0.25, 0.3) is 0 Å². The van der Waals surface area contributed by atoms with Crippen LogP contribution in [0.15, 0.2) is 29.3 Å². The van der Waals surface area contributed by atoms with Gasteiger partial charge in [-0.15, -0.1) is 0 Å². The van der Waals surface area contributed by atoms with Gasteiger partial charge >= 0.3 is 12.2 Å². The molecule has 180 valence electrons. The van der Waals surface area contributed by atoms with Crippen molar-refractivity contribution in [3.63, 3.8) is 0 Å². The van der Waals surface area contributed by atoms with E-state index in [0.717, 1.165) is 11.1 Å². The van der Waals surface area contributed by atoms with Crippen LogP contribution in [0.25, 0.3) is 0 Å². The summed E-state index contributed by atoms with van der Waals surface area (Å²) in [6.07, 6.45) is -0.941. The maximum absolute atomic E-state index is 12.1. The largest absolute Gasteiger partial charge is 0.444 e. The normalized spacial score (nSPS) is 12.0. The molecule has 0 radical (unpaired) electrons. The lowest BCUT2D eigenvalue weighted by Gasteiger charge is -2.22. The van der Waals surface area contributed by atoms with Crippen molar-refractivity contribution in [3.05, 3.63) is 35.4 Å². The number of guanidine groups is 1. The molecule has 9 nitrogen and oxygen atoms in total. The molecule has 32 heavy (non-hydrogen) atoms. The van der Waals surface area contributed by atoms with Crippen molar-refractivity contribution in [2.75, 3.05) is 19.9 Å². The zero-order chi connectivity index (χ0) is 24.6. The highest BCUT2D eigenvalue weighted by molar-refractivity contribution is 7.57. The number of ether oxygens (including phenoxy) is 2. The predicted molar refractivity (Wildman–Crippen MR) is 125 cm³/mol. The highest BCUT2D eigenvalue weighted by atomic mass is 31.2. The van der Waals surface area contributed by atoms with Crippen LogP contribution in [0.1, 0.15) is 52.7 Å². The van der Waals surface area contributed by atoms with E-state index in [9.17, 15) is 14.2 Å². The Kier molecular flexibility index (Phi) is 9.92. The first-order valence-corrected chi connectivity index (χ1v) is 12.9. The minimum absolute atomic E-state index is 0.0640. The van der Waals surface area contributed by atoms with Crippen LogP contribution < -0.4 is 10.6 Å². The van der Waals surface area contributed by atoms with Crippen molar-refractivity contribution in [2.45, 2.75) is 65.8 Å². The van der Waals surface area contributed by atoms with Gasteiger partial charge < -0.3 is 14.0 Å². The standard InChI is InChI=1S/C22H36N3O6P/c1-21(2,3)30-19(26)24-18(25-20(27)31-22(4,5)6)23-13-12-16-10-9-11-17(14-16)15-29-32(7,8)28/h9-11,14H,12-13,15H2,1-8H3,(H2,23,24,25,26,27). The Bertz CT molecular complexity index is 833. The average Bonchev–Trinajstić information content (AvgIpc) is 2.56. The fourth-order valence-electron chi connectivity index (χ4n) is 2.31. The summed E-state index contributed by atoms with van der Waals surface area (Å²) in [5, 5.41) is 4.90. The first-order valence-electron chi connectivity index (χ1n) is 10.3. The van der Waals surface area contributed by atoms with E-state index in [4.69, 9.17) is 14.0 Å². The van der Waals surface area contributed by atoms with Gasteiger partial charge in [0.15, 0.2) is 7.37 Å². The van der Waals surface area contributed by atoms with Crippen LogP contribution in [0.5, 0.6) is 0 Å². The van der Waals surface area contributed by atoms with Crippen molar-refractivity contribution in [1.29, 1.82) is 0 Å². The molecular weight excluding hydrogens is 433 g/mol. The number of benzene rings is 1. The summed E-state index contributed by atoms with van der Waals surface area (Å²) < 4.78 is 27.6. The molecule has 0 saturated carbocycles. The number of hydrogen-bond donors (Lipinski definition) is 2. The van der Waals surface area contributed by atoms with Gasteiger partial charge in [-0.3, -0.25) is 20.2 Å². The molecule has 2 N–H and O–H groups in total. The number of amides is 2. The van der Waals surface area contributed by atoms with E-state index in [0.29, 0.717) is 6.42 Å². The second-order valence-corrected chi connectivity index (χ2v) is 12.3. The van der Waals surface area contributed by atoms with Crippen molar-refractivity contribution < 1.29 is 28.2 Å². The van der Waals surface area contributed by atoms with Gasteiger partial charge in [0.2, 0.25) is 5.96 Å². The van der Waals surface area contributed by atoms with Crippen LogP contribution in [-0.4, -0.2) is 49.2 Å². The molecule has 0 unspecified atom stereocenters. The molecule has 0 aliphatic heterocycles. The highest BCUT2D eigenvalue weighted by Crippen LogP contribution is 2.38. The quantitative estimate of drug-likeness (QED) is 0.355. The third kappa shape index (κ3) is 13.8. The summed E-state index contributed by atoms with van der Waals surface area (Å²) in [4.78, 5) is 28.5. The molecule has 10 heteroatoms. The second kappa shape index (κ2) is 11.5. The minimum Gasteiger partial charge on any atom is -0.444 e. The lowest BCUT2D eigenvalue weighted by molar-refractivity contribution is 0.0545. The van der Waals surface area contributed by atoms with Crippen LogP contribution in [-0.2, 0) is 31.6 Å². The van der Waals surface area contributed by atoms with Gasteiger partial charge in [-0.2, -0.15) is 0 Å². The SMILES string of the molecule is CC(C)(C)OC(=O)NC(=NCCc1cccc(COP(C)(C)=O)c1)NC(=O)OC(C)(C)C. The zero-order valence-corrected chi connectivity index (χ0v) is 21.2. The number of nitrogens with zero attached hydrogens (tertiary/aromatic N) is 1.